The molecule has 0 atom stereocenters. The molecule has 0 N–H and O–H groups in total. The number of likely N-dealkylation sites (N-methyl/N-ethyl adjacent to an activating group) is 1. The van der Waals surface area contributed by atoms with E-state index in [0.29, 0.717) is 26.1 Å². The molecule has 0 unspecified atom stereocenters. The Bertz CT molecular complexity index is 553. The number of nitrogens with zero attached hydrogens (tertiary/aromatic N) is 3. The van der Waals surface area contributed by atoms with Gasteiger partial charge in [0, 0.05) is 30.9 Å². The van der Waals surface area contributed by atoms with Gasteiger partial charge in [-0.05, 0) is 24.6 Å². The summed E-state index contributed by atoms with van der Waals surface area (Å²) < 4.78 is 0. The number of anilines is 1. The van der Waals surface area contributed by atoms with Crippen molar-refractivity contribution < 1.29 is 9.63 Å². The zero-order chi connectivity index (χ0) is 13.4. The second kappa shape index (κ2) is 4.66. The molecule has 0 amide bonds. The fourth-order valence-electron chi connectivity index (χ4n) is 2.81. The lowest BCUT2D eigenvalue weighted by Crippen LogP contribution is -2.39. The van der Waals surface area contributed by atoms with E-state index in [0.717, 1.165) is 22.7 Å². The summed E-state index contributed by atoms with van der Waals surface area (Å²) in [6, 6.07) is 3.96. The number of Topliss-reactive ketones (excluding diaryl/α,β-unsaturated/α-hetero) is 1. The molecule has 0 aliphatic carbocycles. The van der Waals surface area contributed by atoms with Crippen LogP contribution in [-0.2, 0) is 9.63 Å². The summed E-state index contributed by atoms with van der Waals surface area (Å²) >= 11 is 0. The first-order chi connectivity index (χ1) is 9.20. The van der Waals surface area contributed by atoms with Crippen LogP contribution in [0.1, 0.15) is 18.9 Å². The van der Waals surface area contributed by atoms with Crippen LogP contribution in [0.25, 0.3) is 5.70 Å². The van der Waals surface area contributed by atoms with Crippen molar-refractivity contribution in [2.45, 2.75) is 13.3 Å². The largest absolute Gasteiger partial charge is 0.367 e. The molecule has 1 aromatic rings. The van der Waals surface area contributed by atoms with Gasteiger partial charge in [0.25, 0.3) is 0 Å². The van der Waals surface area contributed by atoms with Crippen LogP contribution in [0.3, 0.4) is 0 Å². The predicted octanol–water partition coefficient (Wildman–Crippen LogP) is 1.47. The zero-order valence-electron chi connectivity index (χ0n) is 11.2. The SMILES string of the molecule is CCON1CC2=C(c3cccnc31)N(C)CC(=O)C2. The van der Waals surface area contributed by atoms with Crippen molar-refractivity contribution >= 4 is 17.3 Å². The Kier molecular flexibility index (Phi) is 2.98. The molecule has 19 heavy (non-hydrogen) atoms. The van der Waals surface area contributed by atoms with E-state index in [1.807, 2.05) is 31.0 Å². The van der Waals surface area contributed by atoms with Crippen LogP contribution in [0.15, 0.2) is 23.9 Å². The Hall–Kier alpha value is -1.88. The average molecular weight is 259 g/mol. The highest BCUT2D eigenvalue weighted by atomic mass is 16.7. The second-order valence-electron chi connectivity index (χ2n) is 4.85. The summed E-state index contributed by atoms with van der Waals surface area (Å²) in [5.74, 6) is 1.09. The van der Waals surface area contributed by atoms with Crippen molar-refractivity contribution in [2.75, 3.05) is 31.8 Å². The van der Waals surface area contributed by atoms with Crippen molar-refractivity contribution in [1.29, 1.82) is 0 Å². The average Bonchev–Trinajstić information content (AvgIpc) is 2.38. The van der Waals surface area contributed by atoms with Gasteiger partial charge in [-0.25, -0.2) is 10.0 Å². The van der Waals surface area contributed by atoms with Gasteiger partial charge in [0.15, 0.2) is 11.6 Å². The standard InChI is InChI=1S/C14H17N3O2/c1-3-19-17-8-10-7-11(18)9-16(2)13(10)12-5-4-6-15-14(12)17/h4-6H,3,7-9H2,1-2H3. The summed E-state index contributed by atoms with van der Waals surface area (Å²) in [5, 5.41) is 1.79. The van der Waals surface area contributed by atoms with Crippen LogP contribution >= 0.6 is 0 Å². The molecule has 1 aromatic heterocycles. The third-order valence-corrected chi connectivity index (χ3v) is 3.44. The van der Waals surface area contributed by atoms with E-state index < -0.39 is 0 Å². The van der Waals surface area contributed by atoms with Crippen molar-refractivity contribution in [3.05, 3.63) is 29.5 Å². The number of hydrogen-bond acceptors (Lipinski definition) is 5. The molecule has 0 aromatic carbocycles. The fraction of sp³-hybridized carbons (Fsp3) is 0.429. The molecule has 0 radical (unpaired) electrons. The number of carbonyl (C=O) groups is 1. The fourth-order valence-corrected chi connectivity index (χ4v) is 2.81. The highest BCUT2D eigenvalue weighted by Crippen LogP contribution is 2.37. The number of rotatable bonds is 2. The molecule has 2 aliphatic rings. The van der Waals surface area contributed by atoms with Gasteiger partial charge in [0.2, 0.25) is 0 Å². The Morgan fingerprint density at radius 3 is 3.05 bits per heavy atom. The van der Waals surface area contributed by atoms with Crippen molar-refractivity contribution in [3.8, 4) is 0 Å². The molecule has 3 heterocycles. The first-order valence-electron chi connectivity index (χ1n) is 6.51. The van der Waals surface area contributed by atoms with Gasteiger partial charge in [-0.2, -0.15) is 0 Å². The second-order valence-corrected chi connectivity index (χ2v) is 4.85. The third-order valence-electron chi connectivity index (χ3n) is 3.44. The van der Waals surface area contributed by atoms with Crippen molar-refractivity contribution in [2.24, 2.45) is 0 Å². The maximum absolute atomic E-state index is 11.8. The molecule has 0 fully saturated rings. The van der Waals surface area contributed by atoms with Crippen LogP contribution in [0, 0.1) is 0 Å². The van der Waals surface area contributed by atoms with Crippen LogP contribution in [0.2, 0.25) is 0 Å². The molecule has 0 spiro atoms. The van der Waals surface area contributed by atoms with E-state index >= 15 is 0 Å². The maximum atomic E-state index is 11.8. The van der Waals surface area contributed by atoms with Crippen LogP contribution < -0.4 is 5.06 Å². The minimum Gasteiger partial charge on any atom is -0.367 e. The van der Waals surface area contributed by atoms with E-state index in [1.54, 1.807) is 11.3 Å². The van der Waals surface area contributed by atoms with E-state index in [-0.39, 0.29) is 5.78 Å². The zero-order valence-corrected chi connectivity index (χ0v) is 11.2. The minimum absolute atomic E-state index is 0.255. The Morgan fingerprint density at radius 2 is 2.26 bits per heavy atom. The third kappa shape index (κ3) is 2.00. The van der Waals surface area contributed by atoms with Crippen molar-refractivity contribution in [1.82, 2.24) is 9.88 Å². The summed E-state index contributed by atoms with van der Waals surface area (Å²) in [7, 11) is 1.96. The first-order valence-corrected chi connectivity index (χ1v) is 6.51. The number of pyridine rings is 1. The van der Waals surface area contributed by atoms with Gasteiger partial charge in [-0.3, -0.25) is 9.63 Å². The van der Waals surface area contributed by atoms with E-state index in [1.165, 1.54) is 0 Å². The lowest BCUT2D eigenvalue weighted by Gasteiger charge is -2.38. The summed E-state index contributed by atoms with van der Waals surface area (Å²) in [4.78, 5) is 23.8. The van der Waals surface area contributed by atoms with E-state index in [4.69, 9.17) is 4.84 Å². The molecule has 0 saturated heterocycles. The number of carbonyl (C=O) groups excluding carboxylic acids is 1. The van der Waals surface area contributed by atoms with Crippen LogP contribution in [0.5, 0.6) is 0 Å². The molecule has 5 nitrogen and oxygen atoms in total. The van der Waals surface area contributed by atoms with Gasteiger partial charge in [-0.1, -0.05) is 0 Å². The molecule has 0 bridgehead atoms. The molecular formula is C14H17N3O2. The number of hydroxylamine groups is 1. The summed E-state index contributed by atoms with van der Waals surface area (Å²) in [6.45, 7) is 3.62. The molecule has 2 aliphatic heterocycles. The van der Waals surface area contributed by atoms with E-state index in [2.05, 4.69) is 4.98 Å². The number of fused-ring (bicyclic) bond motifs is 2. The van der Waals surface area contributed by atoms with Crippen LogP contribution in [-0.4, -0.2) is 42.4 Å². The van der Waals surface area contributed by atoms with Gasteiger partial charge in [-0.15, -0.1) is 0 Å². The van der Waals surface area contributed by atoms with Gasteiger partial charge < -0.3 is 4.90 Å². The lowest BCUT2D eigenvalue weighted by atomic mass is 9.94. The number of hydrogen-bond donors (Lipinski definition) is 0. The highest BCUT2D eigenvalue weighted by Gasteiger charge is 2.32. The highest BCUT2D eigenvalue weighted by molar-refractivity contribution is 5.92. The summed E-state index contributed by atoms with van der Waals surface area (Å²) in [6.07, 6.45) is 2.28. The Balaban J connectivity index is 2.10. The van der Waals surface area contributed by atoms with Gasteiger partial charge >= 0.3 is 0 Å². The quantitative estimate of drug-likeness (QED) is 0.804. The van der Waals surface area contributed by atoms with Crippen LogP contribution in [0.4, 0.5) is 5.82 Å². The normalized spacial score (nSPS) is 18.5. The number of ketones is 1. The first kappa shape index (κ1) is 12.2. The predicted molar refractivity (Wildman–Crippen MR) is 72.4 cm³/mol. The molecular weight excluding hydrogens is 242 g/mol. The van der Waals surface area contributed by atoms with Crippen molar-refractivity contribution in [3.63, 3.8) is 0 Å². The minimum atomic E-state index is 0.255. The molecule has 100 valence electrons. The smallest absolute Gasteiger partial charge is 0.162 e. The lowest BCUT2D eigenvalue weighted by molar-refractivity contribution is -0.119. The molecule has 5 heteroatoms. The molecule has 0 saturated carbocycles. The number of aromatic nitrogens is 1. The Labute approximate surface area is 112 Å². The summed E-state index contributed by atoms with van der Waals surface area (Å²) in [5.41, 5.74) is 3.30. The van der Waals surface area contributed by atoms with Gasteiger partial charge in [0.05, 0.1) is 19.7 Å². The monoisotopic (exact) mass is 259 g/mol. The Morgan fingerprint density at radius 1 is 1.42 bits per heavy atom. The maximum Gasteiger partial charge on any atom is 0.162 e. The molecule has 3 rings (SSSR count). The topological polar surface area (TPSA) is 45.7 Å². The van der Waals surface area contributed by atoms with E-state index in [9.17, 15) is 4.79 Å². The van der Waals surface area contributed by atoms with Gasteiger partial charge in [0.1, 0.15) is 0 Å².